The second-order valence-corrected chi connectivity index (χ2v) is 13.7. The number of carbonyl (C=O) groups is 3. The number of nitrogens with two attached hydrogens (primary N) is 1. The summed E-state index contributed by atoms with van der Waals surface area (Å²) < 4.78 is 5.79. The van der Waals surface area contributed by atoms with Gasteiger partial charge in [0, 0.05) is 12.8 Å². The number of amides is 1. The van der Waals surface area contributed by atoms with Gasteiger partial charge in [0.1, 0.15) is 12.1 Å². The van der Waals surface area contributed by atoms with Gasteiger partial charge in [0.05, 0.1) is 0 Å². The molecule has 2 unspecified atom stereocenters. The minimum Gasteiger partial charge on any atom is -0.480 e. The Hall–Kier alpha value is -2.67. The third kappa shape index (κ3) is 33.8. The van der Waals surface area contributed by atoms with Crippen LogP contribution in [0.3, 0.4) is 0 Å². The van der Waals surface area contributed by atoms with Gasteiger partial charge in [-0.2, -0.15) is 0 Å². The topological polar surface area (TPSA) is 119 Å². The molecule has 0 saturated carbocycles. The van der Waals surface area contributed by atoms with Crippen LogP contribution in [0.5, 0.6) is 0 Å². The van der Waals surface area contributed by atoms with E-state index in [0.29, 0.717) is 38.6 Å². The Morgan fingerprint density at radius 3 is 1.72 bits per heavy atom. The summed E-state index contributed by atoms with van der Waals surface area (Å²) in [5, 5.41) is 11.9. The normalized spacial score (nSPS) is 13.2. The summed E-state index contributed by atoms with van der Waals surface area (Å²) in [5.74, 6) is -1.40. The number of carboxylic acids is 1. The summed E-state index contributed by atoms with van der Waals surface area (Å²) in [4.78, 5) is 36.0. The lowest BCUT2D eigenvalue weighted by Crippen LogP contribution is -2.40. The molecule has 0 aliphatic heterocycles. The van der Waals surface area contributed by atoms with Crippen LogP contribution in [-0.2, 0) is 19.1 Å². The fraction of sp³-hybridized carbons (Fsp3) is 0.744. The highest BCUT2D eigenvalue weighted by Crippen LogP contribution is 2.14. The molecular weight excluding hydrogens is 624 g/mol. The highest BCUT2D eigenvalue weighted by atomic mass is 16.5. The number of hydrogen-bond acceptors (Lipinski definition) is 5. The highest BCUT2D eigenvalue weighted by molar-refractivity contribution is 5.83. The average molecular weight is 701 g/mol. The van der Waals surface area contributed by atoms with E-state index in [-0.39, 0.29) is 18.0 Å². The van der Waals surface area contributed by atoms with Crippen molar-refractivity contribution in [2.45, 2.75) is 199 Å². The fourth-order valence-corrected chi connectivity index (χ4v) is 5.76. The average Bonchev–Trinajstić information content (AvgIpc) is 3.10. The summed E-state index contributed by atoms with van der Waals surface area (Å²) in [7, 11) is 0. The van der Waals surface area contributed by atoms with Crippen LogP contribution in [0, 0.1) is 0 Å². The molecule has 0 aromatic carbocycles. The molecule has 50 heavy (non-hydrogen) atoms. The van der Waals surface area contributed by atoms with Gasteiger partial charge in [0.25, 0.3) is 0 Å². The Labute approximate surface area is 307 Å². The lowest BCUT2D eigenvalue weighted by Gasteiger charge is -2.13. The second-order valence-electron chi connectivity index (χ2n) is 13.7. The van der Waals surface area contributed by atoms with Crippen molar-refractivity contribution in [2.75, 3.05) is 6.54 Å². The fourth-order valence-electron chi connectivity index (χ4n) is 5.76. The Balaban J connectivity index is 4.12. The van der Waals surface area contributed by atoms with Gasteiger partial charge in [0.2, 0.25) is 5.91 Å². The van der Waals surface area contributed by atoms with Crippen LogP contribution in [0.25, 0.3) is 0 Å². The molecule has 7 heteroatoms. The summed E-state index contributed by atoms with van der Waals surface area (Å²) in [6.07, 6.45) is 45.0. The van der Waals surface area contributed by atoms with Gasteiger partial charge in [-0.05, 0) is 95.7 Å². The Bertz CT molecular complexity index is 926. The van der Waals surface area contributed by atoms with Crippen LogP contribution in [0.1, 0.15) is 187 Å². The van der Waals surface area contributed by atoms with E-state index in [1.54, 1.807) is 0 Å². The molecule has 2 atom stereocenters. The van der Waals surface area contributed by atoms with E-state index >= 15 is 0 Å². The number of carboxylic acid groups (broad SMARTS) is 1. The number of nitrogens with one attached hydrogen (secondary N) is 1. The number of rotatable bonds is 36. The lowest BCUT2D eigenvalue weighted by molar-refractivity contribution is -0.145. The lowest BCUT2D eigenvalue weighted by atomic mass is 10.1. The van der Waals surface area contributed by atoms with Crippen molar-refractivity contribution in [1.29, 1.82) is 0 Å². The number of carbonyl (C=O) groups excluding carboxylic acids is 2. The van der Waals surface area contributed by atoms with E-state index < -0.39 is 12.0 Å². The zero-order valence-electron chi connectivity index (χ0n) is 32.2. The molecule has 0 fully saturated rings. The maximum Gasteiger partial charge on any atom is 0.326 e. The first-order valence-electron chi connectivity index (χ1n) is 20.5. The Morgan fingerprint density at radius 1 is 0.620 bits per heavy atom. The zero-order chi connectivity index (χ0) is 36.8. The van der Waals surface area contributed by atoms with E-state index in [2.05, 4.69) is 43.5 Å². The minimum absolute atomic E-state index is 0.147. The first-order valence-corrected chi connectivity index (χ1v) is 20.5. The molecule has 0 saturated heterocycles. The van der Waals surface area contributed by atoms with Crippen molar-refractivity contribution in [3.05, 3.63) is 48.6 Å². The molecule has 0 aliphatic rings. The number of allylic oxidation sites excluding steroid dienone is 6. The van der Waals surface area contributed by atoms with Crippen molar-refractivity contribution >= 4 is 17.8 Å². The van der Waals surface area contributed by atoms with Crippen molar-refractivity contribution in [3.63, 3.8) is 0 Å². The van der Waals surface area contributed by atoms with Gasteiger partial charge in [-0.1, -0.05) is 134 Å². The maximum absolute atomic E-state index is 12.6. The third-order valence-electron chi connectivity index (χ3n) is 8.84. The predicted octanol–water partition coefficient (Wildman–Crippen LogP) is 11.2. The molecule has 0 heterocycles. The molecule has 0 aromatic heterocycles. The summed E-state index contributed by atoms with van der Waals surface area (Å²) in [5.41, 5.74) is 5.46. The van der Waals surface area contributed by atoms with Crippen LogP contribution in [0.4, 0.5) is 0 Å². The zero-order valence-corrected chi connectivity index (χ0v) is 32.2. The van der Waals surface area contributed by atoms with Gasteiger partial charge < -0.3 is 20.9 Å². The van der Waals surface area contributed by atoms with Gasteiger partial charge in [0.15, 0.2) is 0 Å². The van der Waals surface area contributed by atoms with E-state index in [9.17, 15) is 19.5 Å². The molecule has 0 aliphatic carbocycles. The van der Waals surface area contributed by atoms with Crippen LogP contribution in [0.15, 0.2) is 48.6 Å². The highest BCUT2D eigenvalue weighted by Gasteiger charge is 2.18. The number of esters is 1. The number of hydrogen-bond donors (Lipinski definition) is 3. The Kier molecular flexibility index (Phi) is 35.6. The maximum atomic E-state index is 12.6. The van der Waals surface area contributed by atoms with E-state index in [4.69, 9.17) is 10.5 Å². The SMILES string of the molecule is CC/C=C\C/C=C\C(/C=C\CCCCCC(=O)NC(CCCN)C(=O)O)OC(=O)CCCCCCCCCCC/C=C\CCCCCCCC. The Morgan fingerprint density at radius 2 is 1.14 bits per heavy atom. The number of ether oxygens (including phenoxy) is 1. The number of unbranched alkanes of at least 4 members (excludes halogenated alkanes) is 18. The molecule has 4 N–H and O–H groups in total. The monoisotopic (exact) mass is 701 g/mol. The molecule has 0 aromatic rings. The minimum atomic E-state index is -1.02. The second kappa shape index (κ2) is 37.6. The molecule has 1 amide bonds. The first-order chi connectivity index (χ1) is 24.4. The molecule has 7 nitrogen and oxygen atoms in total. The van der Waals surface area contributed by atoms with Crippen LogP contribution >= 0.6 is 0 Å². The molecule has 0 radical (unpaired) electrons. The molecule has 0 spiro atoms. The van der Waals surface area contributed by atoms with E-state index in [0.717, 1.165) is 44.9 Å². The quantitative estimate of drug-likeness (QED) is 0.0340. The van der Waals surface area contributed by atoms with Crippen molar-refractivity contribution in [1.82, 2.24) is 5.32 Å². The molecular formula is C43H76N2O5. The van der Waals surface area contributed by atoms with E-state index in [1.807, 2.05) is 24.3 Å². The largest absolute Gasteiger partial charge is 0.480 e. The van der Waals surface area contributed by atoms with Gasteiger partial charge in [-0.25, -0.2) is 4.79 Å². The standard InChI is InChI=1S/C43H76N2O5/c1-3-5-7-9-10-11-12-13-14-15-16-17-18-19-20-21-22-27-31-37-42(47)50-39(33-28-24-8-6-4-2)34-29-25-23-26-30-36-41(46)45-40(43(48)49)35-32-38-44/h6,8,13-14,28-29,33-34,39-40H,3-5,7,9-12,15-27,30-32,35-38,44H2,1-2H3,(H,45,46)(H,48,49)/b8-6-,14-13-,33-28-,34-29-. The predicted molar refractivity (Wildman–Crippen MR) is 211 cm³/mol. The number of aliphatic carboxylic acids is 1. The van der Waals surface area contributed by atoms with Crippen molar-refractivity contribution < 1.29 is 24.2 Å². The van der Waals surface area contributed by atoms with Crippen molar-refractivity contribution in [2.24, 2.45) is 5.73 Å². The van der Waals surface area contributed by atoms with Crippen LogP contribution in [-0.4, -0.2) is 41.6 Å². The van der Waals surface area contributed by atoms with Crippen LogP contribution in [0.2, 0.25) is 0 Å². The van der Waals surface area contributed by atoms with E-state index in [1.165, 1.54) is 96.3 Å². The smallest absolute Gasteiger partial charge is 0.326 e. The summed E-state index contributed by atoms with van der Waals surface area (Å²) in [6.45, 7) is 4.78. The molecule has 288 valence electrons. The van der Waals surface area contributed by atoms with Crippen LogP contribution < -0.4 is 11.1 Å². The summed E-state index contributed by atoms with van der Waals surface area (Å²) in [6, 6.07) is -0.874. The van der Waals surface area contributed by atoms with Gasteiger partial charge in [-0.15, -0.1) is 0 Å². The van der Waals surface area contributed by atoms with Gasteiger partial charge in [-0.3, -0.25) is 9.59 Å². The summed E-state index contributed by atoms with van der Waals surface area (Å²) >= 11 is 0. The van der Waals surface area contributed by atoms with Gasteiger partial charge >= 0.3 is 11.9 Å². The first kappa shape index (κ1) is 47.3. The molecule has 0 bridgehead atoms. The molecule has 0 rings (SSSR count). The van der Waals surface area contributed by atoms with Crippen molar-refractivity contribution in [3.8, 4) is 0 Å². The third-order valence-corrected chi connectivity index (χ3v) is 8.84.